The zero-order valence-electron chi connectivity index (χ0n) is 10.9. The third kappa shape index (κ3) is 2.90. The van der Waals surface area contributed by atoms with Gasteiger partial charge in [0.1, 0.15) is 10.7 Å². The van der Waals surface area contributed by atoms with Gasteiger partial charge in [0.25, 0.3) is 0 Å². The lowest BCUT2D eigenvalue weighted by molar-refractivity contribution is 0.125. The maximum absolute atomic E-state index is 12.3. The number of aliphatic hydroxyl groups is 1. The fourth-order valence-corrected chi connectivity index (χ4v) is 3.92. The average molecular weight is 288 g/mol. The van der Waals surface area contributed by atoms with Crippen molar-refractivity contribution >= 4 is 15.8 Å². The second-order valence-electron chi connectivity index (χ2n) is 5.37. The Morgan fingerprint density at radius 2 is 2.21 bits per heavy atom. The number of nitrogens with one attached hydrogen (secondary N) is 2. The lowest BCUT2D eigenvalue weighted by Crippen LogP contribution is -2.53. The molecule has 1 heterocycles. The molecule has 7 nitrogen and oxygen atoms in total. The summed E-state index contributed by atoms with van der Waals surface area (Å²) in [5, 5.41) is 15.6. The molecule has 0 saturated heterocycles. The molecule has 0 aromatic carbocycles. The molecule has 1 aromatic rings. The van der Waals surface area contributed by atoms with Crippen molar-refractivity contribution in [2.75, 3.05) is 12.3 Å². The summed E-state index contributed by atoms with van der Waals surface area (Å²) >= 11 is 0. The van der Waals surface area contributed by atoms with Gasteiger partial charge in [-0.3, -0.25) is 5.10 Å². The van der Waals surface area contributed by atoms with Crippen LogP contribution in [0.2, 0.25) is 0 Å². The molecule has 8 heteroatoms. The highest BCUT2D eigenvalue weighted by atomic mass is 32.2. The number of hydrogen-bond donors (Lipinski definition) is 4. The minimum absolute atomic E-state index is 0.00441. The molecule has 1 saturated carbocycles. The lowest BCUT2D eigenvalue weighted by Gasteiger charge is -2.38. The molecule has 0 radical (unpaired) electrons. The van der Waals surface area contributed by atoms with E-state index in [2.05, 4.69) is 21.8 Å². The van der Waals surface area contributed by atoms with Gasteiger partial charge in [0, 0.05) is 0 Å². The smallest absolute Gasteiger partial charge is 0.246 e. The predicted molar refractivity (Wildman–Crippen MR) is 70.8 cm³/mol. The van der Waals surface area contributed by atoms with Crippen LogP contribution < -0.4 is 10.5 Å². The second kappa shape index (κ2) is 5.10. The summed E-state index contributed by atoms with van der Waals surface area (Å²) in [5.41, 5.74) is 4.76. The average Bonchev–Trinajstić information content (AvgIpc) is 2.79. The summed E-state index contributed by atoms with van der Waals surface area (Å²) in [4.78, 5) is -0.0704. The first-order valence-electron chi connectivity index (χ1n) is 6.32. The molecule has 2 rings (SSSR count). The molecule has 0 atom stereocenters. The topological polar surface area (TPSA) is 121 Å². The standard InChI is InChI=1S/C11H20N4O3S/c1-8-2-4-11(7-16,5-3-8)15-19(17,18)9-6-13-14-10(9)12/h6,8,15-16H,2-5,7H2,1H3,(H3,12,13,14). The molecule has 0 spiro atoms. The molecule has 0 bridgehead atoms. The van der Waals surface area contributed by atoms with Crippen molar-refractivity contribution in [1.29, 1.82) is 0 Å². The summed E-state index contributed by atoms with van der Waals surface area (Å²) < 4.78 is 27.1. The van der Waals surface area contributed by atoms with E-state index in [1.807, 2.05) is 0 Å². The highest BCUT2D eigenvalue weighted by Crippen LogP contribution is 2.33. The lowest BCUT2D eigenvalue weighted by atomic mass is 9.78. The van der Waals surface area contributed by atoms with Gasteiger partial charge >= 0.3 is 0 Å². The molecule has 0 aliphatic heterocycles. The van der Waals surface area contributed by atoms with Crippen LogP contribution in [0.15, 0.2) is 11.1 Å². The number of nitrogens with zero attached hydrogens (tertiary/aromatic N) is 1. The van der Waals surface area contributed by atoms with Crippen LogP contribution >= 0.6 is 0 Å². The van der Waals surface area contributed by atoms with E-state index >= 15 is 0 Å². The van der Waals surface area contributed by atoms with Gasteiger partial charge in [-0.05, 0) is 31.6 Å². The Morgan fingerprint density at radius 3 is 2.68 bits per heavy atom. The molecule has 0 unspecified atom stereocenters. The van der Waals surface area contributed by atoms with E-state index in [1.54, 1.807) is 0 Å². The van der Waals surface area contributed by atoms with Gasteiger partial charge in [-0.25, -0.2) is 13.1 Å². The summed E-state index contributed by atoms with van der Waals surface area (Å²) in [5.74, 6) is 0.563. The summed E-state index contributed by atoms with van der Waals surface area (Å²) in [7, 11) is -3.76. The second-order valence-corrected chi connectivity index (χ2v) is 7.03. The van der Waals surface area contributed by atoms with Gasteiger partial charge in [0.2, 0.25) is 10.0 Å². The van der Waals surface area contributed by atoms with Gasteiger partial charge < -0.3 is 10.8 Å². The van der Waals surface area contributed by atoms with Crippen molar-refractivity contribution in [3.8, 4) is 0 Å². The molecular formula is C11H20N4O3S. The zero-order valence-corrected chi connectivity index (χ0v) is 11.7. The number of hydrogen-bond acceptors (Lipinski definition) is 5. The van der Waals surface area contributed by atoms with Crippen molar-refractivity contribution in [1.82, 2.24) is 14.9 Å². The number of H-pyrrole nitrogens is 1. The molecule has 19 heavy (non-hydrogen) atoms. The monoisotopic (exact) mass is 288 g/mol. The zero-order chi connectivity index (χ0) is 14.1. The molecular weight excluding hydrogens is 268 g/mol. The first-order valence-corrected chi connectivity index (χ1v) is 7.80. The number of anilines is 1. The Morgan fingerprint density at radius 1 is 1.58 bits per heavy atom. The predicted octanol–water partition coefficient (Wildman–Crippen LogP) is 0.211. The van der Waals surface area contributed by atoms with E-state index < -0.39 is 15.6 Å². The molecule has 1 fully saturated rings. The van der Waals surface area contributed by atoms with Gasteiger partial charge in [-0.15, -0.1) is 0 Å². The van der Waals surface area contributed by atoms with Crippen LogP contribution in [0.5, 0.6) is 0 Å². The van der Waals surface area contributed by atoms with Gasteiger partial charge in [-0.2, -0.15) is 5.10 Å². The third-order valence-corrected chi connectivity index (χ3v) is 5.41. The van der Waals surface area contributed by atoms with Crippen LogP contribution in [0.3, 0.4) is 0 Å². The Balaban J connectivity index is 2.21. The fourth-order valence-electron chi connectivity index (χ4n) is 2.45. The maximum atomic E-state index is 12.3. The number of nitrogen functional groups attached to an aromatic ring is 1. The normalized spacial score (nSPS) is 28.4. The third-order valence-electron chi connectivity index (χ3n) is 3.81. The Bertz CT molecular complexity index is 532. The van der Waals surface area contributed by atoms with Crippen molar-refractivity contribution in [3.63, 3.8) is 0 Å². The van der Waals surface area contributed by atoms with Gasteiger partial charge in [0.05, 0.1) is 18.3 Å². The SMILES string of the molecule is CC1CCC(CO)(NS(=O)(=O)c2cn[nH]c2N)CC1. The van der Waals surface area contributed by atoms with Crippen molar-refractivity contribution in [2.24, 2.45) is 5.92 Å². The highest BCUT2D eigenvalue weighted by Gasteiger charge is 2.38. The number of nitrogens with two attached hydrogens (primary N) is 1. The van der Waals surface area contributed by atoms with E-state index in [0.29, 0.717) is 18.8 Å². The molecule has 0 amide bonds. The largest absolute Gasteiger partial charge is 0.394 e. The van der Waals surface area contributed by atoms with Crippen LogP contribution in [0.4, 0.5) is 5.82 Å². The van der Waals surface area contributed by atoms with E-state index in [4.69, 9.17) is 5.73 Å². The van der Waals surface area contributed by atoms with Crippen LogP contribution in [-0.4, -0.2) is 35.9 Å². The van der Waals surface area contributed by atoms with E-state index in [-0.39, 0.29) is 17.3 Å². The Labute approximate surface area is 112 Å². The molecule has 5 N–H and O–H groups in total. The van der Waals surface area contributed by atoms with Crippen molar-refractivity contribution in [3.05, 3.63) is 6.20 Å². The Kier molecular flexibility index (Phi) is 3.84. The summed E-state index contributed by atoms with van der Waals surface area (Å²) in [6.07, 6.45) is 4.21. The van der Waals surface area contributed by atoms with Gasteiger partial charge in [-0.1, -0.05) is 6.92 Å². The number of aromatic nitrogens is 2. The fraction of sp³-hybridized carbons (Fsp3) is 0.727. The highest BCUT2D eigenvalue weighted by molar-refractivity contribution is 7.89. The maximum Gasteiger partial charge on any atom is 0.246 e. The van der Waals surface area contributed by atoms with Crippen LogP contribution in [0.25, 0.3) is 0 Å². The van der Waals surface area contributed by atoms with E-state index in [0.717, 1.165) is 12.8 Å². The Hall–Kier alpha value is -1.12. The van der Waals surface area contributed by atoms with Crippen LogP contribution in [0, 0.1) is 5.92 Å². The first kappa shape index (κ1) is 14.3. The van der Waals surface area contributed by atoms with Gasteiger partial charge in [0.15, 0.2) is 0 Å². The van der Waals surface area contributed by atoms with E-state index in [9.17, 15) is 13.5 Å². The van der Waals surface area contributed by atoms with Crippen LogP contribution in [0.1, 0.15) is 32.6 Å². The quantitative estimate of drug-likeness (QED) is 0.631. The first-order chi connectivity index (χ1) is 8.88. The minimum atomic E-state index is -3.76. The number of sulfonamides is 1. The summed E-state index contributed by atoms with van der Waals surface area (Å²) in [6, 6.07) is 0. The van der Waals surface area contributed by atoms with Crippen molar-refractivity contribution in [2.45, 2.75) is 43.0 Å². The van der Waals surface area contributed by atoms with Crippen LogP contribution in [-0.2, 0) is 10.0 Å². The van der Waals surface area contributed by atoms with Crippen molar-refractivity contribution < 1.29 is 13.5 Å². The number of aromatic amines is 1. The molecule has 1 aliphatic carbocycles. The number of rotatable bonds is 4. The summed E-state index contributed by atoms with van der Waals surface area (Å²) in [6.45, 7) is 1.92. The van der Waals surface area contributed by atoms with E-state index in [1.165, 1.54) is 6.20 Å². The minimum Gasteiger partial charge on any atom is -0.394 e. The molecule has 108 valence electrons. The number of aliphatic hydroxyl groups excluding tert-OH is 1. The molecule has 1 aromatic heterocycles. The molecule has 1 aliphatic rings.